The van der Waals surface area contributed by atoms with Gasteiger partial charge >= 0.3 is 5.97 Å². The number of nitro groups is 1. The van der Waals surface area contributed by atoms with E-state index in [9.17, 15) is 20.0 Å². The zero-order chi connectivity index (χ0) is 11.4. The molecule has 0 radical (unpaired) electrons. The number of carboxylic acids is 1. The van der Waals surface area contributed by atoms with Gasteiger partial charge in [0.25, 0.3) is 5.69 Å². The summed E-state index contributed by atoms with van der Waals surface area (Å²) in [4.78, 5) is 20.1. The second-order valence-corrected chi connectivity index (χ2v) is 2.96. The van der Waals surface area contributed by atoms with Crippen LogP contribution in [0, 0.1) is 10.1 Å². The first kappa shape index (κ1) is 11.0. The average molecular weight is 211 g/mol. The molecular formula is C9H9NO5. The monoisotopic (exact) mass is 211 g/mol. The summed E-state index contributed by atoms with van der Waals surface area (Å²) in [5, 5.41) is 28.2. The van der Waals surface area contributed by atoms with Gasteiger partial charge < -0.3 is 10.2 Å². The van der Waals surface area contributed by atoms with Crippen molar-refractivity contribution in [3.05, 3.63) is 33.9 Å². The maximum Gasteiger partial charge on any atom is 0.303 e. The molecular weight excluding hydrogens is 202 g/mol. The number of nitro benzene ring substituents is 1. The van der Waals surface area contributed by atoms with Gasteiger partial charge in [-0.25, -0.2) is 0 Å². The predicted octanol–water partition coefficient (Wildman–Crippen LogP) is 1.32. The number of benzene rings is 1. The van der Waals surface area contributed by atoms with E-state index in [-0.39, 0.29) is 29.8 Å². The van der Waals surface area contributed by atoms with Gasteiger partial charge in [0.1, 0.15) is 5.75 Å². The summed E-state index contributed by atoms with van der Waals surface area (Å²) in [6.45, 7) is 0. The zero-order valence-electron chi connectivity index (χ0n) is 7.71. The first-order chi connectivity index (χ1) is 7.00. The Morgan fingerprint density at radius 3 is 2.67 bits per heavy atom. The molecule has 80 valence electrons. The fraction of sp³-hybridized carbons (Fsp3) is 0.222. The molecule has 1 aromatic rings. The van der Waals surface area contributed by atoms with Crippen LogP contribution in [-0.4, -0.2) is 21.1 Å². The minimum Gasteiger partial charge on any atom is -0.508 e. The molecule has 0 aliphatic heterocycles. The Morgan fingerprint density at radius 1 is 1.47 bits per heavy atom. The summed E-state index contributed by atoms with van der Waals surface area (Å²) >= 11 is 0. The number of phenols is 1. The Kier molecular flexibility index (Phi) is 3.22. The third kappa shape index (κ3) is 2.94. The van der Waals surface area contributed by atoms with Crippen LogP contribution in [0.5, 0.6) is 5.75 Å². The number of nitrogens with zero attached hydrogens (tertiary/aromatic N) is 1. The van der Waals surface area contributed by atoms with Crippen molar-refractivity contribution in [3.63, 3.8) is 0 Å². The van der Waals surface area contributed by atoms with Gasteiger partial charge in [-0.15, -0.1) is 0 Å². The molecule has 0 saturated carbocycles. The lowest BCUT2D eigenvalue weighted by molar-refractivity contribution is -0.384. The van der Waals surface area contributed by atoms with Gasteiger partial charge in [-0.2, -0.15) is 0 Å². The molecule has 0 unspecified atom stereocenters. The van der Waals surface area contributed by atoms with E-state index in [1.165, 1.54) is 18.2 Å². The minimum absolute atomic E-state index is 0.0723. The molecule has 0 fully saturated rings. The number of phenolic OH excluding ortho intramolecular Hbond substituents is 1. The van der Waals surface area contributed by atoms with Crippen molar-refractivity contribution in [1.29, 1.82) is 0 Å². The number of carboxylic acid groups (broad SMARTS) is 1. The normalized spacial score (nSPS) is 9.87. The number of aliphatic carboxylic acids is 1. The molecule has 6 nitrogen and oxygen atoms in total. The van der Waals surface area contributed by atoms with E-state index in [0.29, 0.717) is 0 Å². The molecule has 0 amide bonds. The van der Waals surface area contributed by atoms with Gasteiger partial charge in [0.05, 0.1) is 4.92 Å². The molecule has 0 spiro atoms. The van der Waals surface area contributed by atoms with Crippen molar-refractivity contribution in [2.75, 3.05) is 0 Å². The van der Waals surface area contributed by atoms with E-state index in [2.05, 4.69) is 0 Å². The third-order valence-electron chi connectivity index (χ3n) is 1.88. The largest absolute Gasteiger partial charge is 0.508 e. The van der Waals surface area contributed by atoms with Crippen LogP contribution in [-0.2, 0) is 11.2 Å². The van der Waals surface area contributed by atoms with Crippen LogP contribution in [0.15, 0.2) is 18.2 Å². The highest BCUT2D eigenvalue weighted by Gasteiger charge is 2.11. The van der Waals surface area contributed by atoms with Crippen LogP contribution in [0.3, 0.4) is 0 Å². The SMILES string of the molecule is O=C(O)CCc1cc([N+](=O)[O-])ccc1O. The van der Waals surface area contributed by atoms with Crippen molar-refractivity contribution >= 4 is 11.7 Å². The Morgan fingerprint density at radius 2 is 2.13 bits per heavy atom. The Bertz CT molecular complexity index is 401. The third-order valence-corrected chi connectivity index (χ3v) is 1.88. The lowest BCUT2D eigenvalue weighted by Crippen LogP contribution is -1.98. The van der Waals surface area contributed by atoms with Gasteiger partial charge in [-0.1, -0.05) is 0 Å². The van der Waals surface area contributed by atoms with E-state index in [4.69, 9.17) is 5.11 Å². The van der Waals surface area contributed by atoms with Crippen LogP contribution in [0.25, 0.3) is 0 Å². The highest BCUT2D eigenvalue weighted by molar-refractivity contribution is 5.67. The first-order valence-electron chi connectivity index (χ1n) is 4.19. The van der Waals surface area contributed by atoms with E-state index in [1.54, 1.807) is 0 Å². The lowest BCUT2D eigenvalue weighted by atomic mass is 10.1. The maximum absolute atomic E-state index is 10.4. The predicted molar refractivity (Wildman–Crippen MR) is 50.7 cm³/mol. The number of hydrogen-bond donors (Lipinski definition) is 2. The van der Waals surface area contributed by atoms with Gasteiger partial charge in [0.15, 0.2) is 0 Å². The molecule has 1 rings (SSSR count). The molecule has 0 saturated heterocycles. The van der Waals surface area contributed by atoms with Crippen molar-refractivity contribution in [3.8, 4) is 5.75 Å². The van der Waals surface area contributed by atoms with Crippen LogP contribution in [0.1, 0.15) is 12.0 Å². The Hall–Kier alpha value is -2.11. The summed E-state index contributed by atoms with van der Waals surface area (Å²) in [6.07, 6.45) is -0.0996. The number of rotatable bonds is 4. The molecule has 6 heteroatoms. The van der Waals surface area contributed by atoms with Crippen molar-refractivity contribution in [2.45, 2.75) is 12.8 Å². The van der Waals surface area contributed by atoms with Crippen molar-refractivity contribution in [2.24, 2.45) is 0 Å². The molecule has 0 heterocycles. The van der Waals surface area contributed by atoms with Gasteiger partial charge in [-0.3, -0.25) is 14.9 Å². The summed E-state index contributed by atoms with van der Waals surface area (Å²) in [6, 6.07) is 3.53. The van der Waals surface area contributed by atoms with E-state index >= 15 is 0 Å². The summed E-state index contributed by atoms with van der Waals surface area (Å²) in [7, 11) is 0. The van der Waals surface area contributed by atoms with Gasteiger partial charge in [-0.05, 0) is 12.5 Å². The number of non-ortho nitro benzene ring substituents is 1. The summed E-state index contributed by atoms with van der Waals surface area (Å²) < 4.78 is 0. The lowest BCUT2D eigenvalue weighted by Gasteiger charge is -2.02. The molecule has 0 bridgehead atoms. The van der Waals surface area contributed by atoms with Crippen molar-refractivity contribution in [1.82, 2.24) is 0 Å². The smallest absolute Gasteiger partial charge is 0.303 e. The fourth-order valence-electron chi connectivity index (χ4n) is 1.13. The quantitative estimate of drug-likeness (QED) is 0.577. The topological polar surface area (TPSA) is 101 Å². The number of carbonyl (C=O) groups is 1. The van der Waals surface area contributed by atoms with E-state index < -0.39 is 10.9 Å². The van der Waals surface area contributed by atoms with Crippen LogP contribution < -0.4 is 0 Å². The Balaban J connectivity index is 2.90. The molecule has 0 aromatic heterocycles. The molecule has 0 aliphatic carbocycles. The number of aromatic hydroxyl groups is 1. The first-order valence-corrected chi connectivity index (χ1v) is 4.19. The highest BCUT2D eigenvalue weighted by Crippen LogP contribution is 2.23. The summed E-state index contributed by atoms with van der Waals surface area (Å²) in [5.74, 6) is -1.14. The second-order valence-electron chi connectivity index (χ2n) is 2.96. The molecule has 0 atom stereocenters. The number of hydrogen-bond acceptors (Lipinski definition) is 4. The highest BCUT2D eigenvalue weighted by atomic mass is 16.6. The van der Waals surface area contributed by atoms with Crippen LogP contribution in [0.4, 0.5) is 5.69 Å². The Labute approximate surface area is 84.9 Å². The maximum atomic E-state index is 10.4. The van der Waals surface area contributed by atoms with Gasteiger partial charge in [0, 0.05) is 24.1 Å². The van der Waals surface area contributed by atoms with E-state index in [0.717, 1.165) is 0 Å². The molecule has 2 N–H and O–H groups in total. The number of aryl methyl sites for hydroxylation is 1. The van der Waals surface area contributed by atoms with Crippen molar-refractivity contribution < 1.29 is 19.9 Å². The zero-order valence-corrected chi connectivity index (χ0v) is 7.71. The average Bonchev–Trinajstić information content (AvgIpc) is 2.16. The molecule has 0 aliphatic rings. The molecule has 1 aromatic carbocycles. The van der Waals surface area contributed by atoms with Gasteiger partial charge in [0.2, 0.25) is 0 Å². The second kappa shape index (κ2) is 4.41. The minimum atomic E-state index is -1.01. The fourth-order valence-corrected chi connectivity index (χ4v) is 1.13. The summed E-state index contributed by atoms with van der Waals surface area (Å²) in [5.41, 5.74) is 0.111. The van der Waals surface area contributed by atoms with E-state index in [1.807, 2.05) is 0 Å². The standard InChI is InChI=1S/C9H9NO5/c11-8-3-2-7(10(14)15)5-6(8)1-4-9(12)13/h2-3,5,11H,1,4H2,(H,12,13). The van der Waals surface area contributed by atoms with Crippen LogP contribution >= 0.6 is 0 Å². The molecule has 15 heavy (non-hydrogen) atoms. The van der Waals surface area contributed by atoms with Crippen LogP contribution in [0.2, 0.25) is 0 Å².